The molecule has 1 N–H and O–H groups in total. The van der Waals surface area contributed by atoms with Gasteiger partial charge in [-0.05, 0) is 67.1 Å². The first kappa shape index (κ1) is 18.5. The second-order valence-electron chi connectivity index (χ2n) is 7.31. The number of aryl methyl sites for hydroxylation is 3. The van der Waals surface area contributed by atoms with Crippen LogP contribution in [0.3, 0.4) is 0 Å². The summed E-state index contributed by atoms with van der Waals surface area (Å²) in [5, 5.41) is 9.70. The number of hydrogen-bond acceptors (Lipinski definition) is 3. The van der Waals surface area contributed by atoms with E-state index in [0.29, 0.717) is 24.9 Å². The van der Waals surface area contributed by atoms with E-state index in [2.05, 4.69) is 74.5 Å². The van der Waals surface area contributed by atoms with Crippen molar-refractivity contribution in [2.75, 3.05) is 6.61 Å². The van der Waals surface area contributed by atoms with Crippen LogP contribution < -0.4 is 4.74 Å². The summed E-state index contributed by atoms with van der Waals surface area (Å²) in [4.78, 5) is 4.58. The van der Waals surface area contributed by atoms with E-state index in [0.717, 1.165) is 16.8 Å². The fourth-order valence-corrected chi connectivity index (χ4v) is 3.29. The van der Waals surface area contributed by atoms with Crippen LogP contribution in [0.4, 0.5) is 0 Å². The van der Waals surface area contributed by atoms with Crippen molar-refractivity contribution >= 4 is 11.0 Å². The van der Waals surface area contributed by atoms with Gasteiger partial charge < -0.3 is 14.4 Å². The molecule has 0 saturated heterocycles. The third kappa shape index (κ3) is 3.61. The molecule has 138 valence electrons. The van der Waals surface area contributed by atoms with Gasteiger partial charge in [0, 0.05) is 0 Å². The Kier molecular flexibility index (Phi) is 5.33. The first-order valence-corrected chi connectivity index (χ1v) is 9.21. The number of hydrogen-bond donors (Lipinski definition) is 1. The van der Waals surface area contributed by atoms with E-state index in [1.165, 1.54) is 22.3 Å². The van der Waals surface area contributed by atoms with Gasteiger partial charge in [0.05, 0.1) is 17.6 Å². The topological polar surface area (TPSA) is 47.3 Å². The average molecular weight is 352 g/mol. The second kappa shape index (κ2) is 7.50. The highest BCUT2D eigenvalue weighted by Gasteiger charge is 2.13. The van der Waals surface area contributed by atoms with Crippen LogP contribution in [-0.4, -0.2) is 21.3 Å². The predicted octanol–water partition coefficient (Wildman–Crippen LogP) is 4.66. The lowest BCUT2D eigenvalue weighted by Crippen LogP contribution is -2.12. The third-order valence-corrected chi connectivity index (χ3v) is 4.95. The molecule has 0 aliphatic heterocycles. The highest BCUT2D eigenvalue weighted by Crippen LogP contribution is 2.28. The zero-order valence-corrected chi connectivity index (χ0v) is 16.3. The van der Waals surface area contributed by atoms with Crippen molar-refractivity contribution < 1.29 is 9.84 Å². The smallest absolute Gasteiger partial charge is 0.135 e. The fourth-order valence-electron chi connectivity index (χ4n) is 3.29. The fraction of sp³-hybridized carbons (Fsp3) is 0.409. The summed E-state index contributed by atoms with van der Waals surface area (Å²) in [6.45, 7) is 11.7. The van der Waals surface area contributed by atoms with Crippen LogP contribution in [0.2, 0.25) is 0 Å². The minimum atomic E-state index is -0.0749. The Morgan fingerprint density at radius 3 is 2.50 bits per heavy atom. The van der Waals surface area contributed by atoms with Gasteiger partial charge in [-0.15, -0.1) is 0 Å². The molecule has 4 heteroatoms. The molecule has 0 bridgehead atoms. The van der Waals surface area contributed by atoms with Gasteiger partial charge in [0.15, 0.2) is 0 Å². The summed E-state index contributed by atoms with van der Waals surface area (Å²) < 4.78 is 8.19. The molecule has 4 nitrogen and oxygen atoms in total. The molecular weight excluding hydrogens is 324 g/mol. The lowest BCUT2D eigenvalue weighted by atomic mass is 10.0. The molecule has 3 aromatic rings. The molecule has 0 aliphatic rings. The zero-order chi connectivity index (χ0) is 18.8. The Hall–Kier alpha value is -2.33. The molecule has 0 radical (unpaired) electrons. The van der Waals surface area contributed by atoms with E-state index in [4.69, 9.17) is 4.74 Å². The Morgan fingerprint density at radius 1 is 1.08 bits per heavy atom. The minimum Gasteiger partial charge on any atom is -0.491 e. The Morgan fingerprint density at radius 2 is 1.81 bits per heavy atom. The first-order valence-electron chi connectivity index (χ1n) is 9.21. The molecule has 1 aromatic heterocycles. The average Bonchev–Trinajstić information content (AvgIpc) is 2.92. The molecule has 3 rings (SSSR count). The number of imidazole rings is 1. The monoisotopic (exact) mass is 352 g/mol. The van der Waals surface area contributed by atoms with Gasteiger partial charge in [-0.3, -0.25) is 0 Å². The summed E-state index contributed by atoms with van der Waals surface area (Å²) in [5.74, 6) is 2.04. The molecule has 1 heterocycles. The van der Waals surface area contributed by atoms with Gasteiger partial charge in [-0.25, -0.2) is 4.98 Å². The standard InChI is InChI=1S/C22H28N2O2/c1-14(2)18-7-6-15(3)10-21(18)26-9-8-24-20-12-17(5)16(4)11-19(20)23-22(24)13-25/h6-7,10-12,14,25H,8-9,13H2,1-5H3. The van der Waals surface area contributed by atoms with Crippen LogP contribution >= 0.6 is 0 Å². The summed E-state index contributed by atoms with van der Waals surface area (Å²) in [7, 11) is 0. The molecule has 26 heavy (non-hydrogen) atoms. The van der Waals surface area contributed by atoms with Crippen molar-refractivity contribution in [1.82, 2.24) is 9.55 Å². The molecule has 0 saturated carbocycles. The van der Waals surface area contributed by atoms with E-state index in [1.54, 1.807) is 0 Å². The highest BCUT2D eigenvalue weighted by molar-refractivity contribution is 5.78. The van der Waals surface area contributed by atoms with Crippen LogP contribution in [0.15, 0.2) is 30.3 Å². The molecule has 0 aliphatic carbocycles. The Balaban J connectivity index is 1.84. The molecule has 0 spiro atoms. The maximum atomic E-state index is 9.70. The van der Waals surface area contributed by atoms with Crippen LogP contribution in [0, 0.1) is 20.8 Å². The van der Waals surface area contributed by atoms with Crippen molar-refractivity contribution in [1.29, 1.82) is 0 Å². The third-order valence-electron chi connectivity index (χ3n) is 4.95. The van der Waals surface area contributed by atoms with Gasteiger partial charge in [0.2, 0.25) is 0 Å². The molecule has 0 unspecified atom stereocenters. The van der Waals surface area contributed by atoms with Crippen molar-refractivity contribution in [3.8, 4) is 5.75 Å². The zero-order valence-electron chi connectivity index (χ0n) is 16.3. The number of ether oxygens (including phenoxy) is 1. The normalized spacial score (nSPS) is 11.5. The molecule has 0 atom stereocenters. The largest absolute Gasteiger partial charge is 0.491 e. The first-order chi connectivity index (χ1) is 12.4. The van der Waals surface area contributed by atoms with Crippen LogP contribution in [0.1, 0.15) is 47.8 Å². The minimum absolute atomic E-state index is 0.0749. The lowest BCUT2D eigenvalue weighted by Gasteiger charge is -2.16. The van der Waals surface area contributed by atoms with E-state index < -0.39 is 0 Å². The Bertz CT molecular complexity index is 926. The summed E-state index contributed by atoms with van der Waals surface area (Å²) in [6.07, 6.45) is 0. The van der Waals surface area contributed by atoms with E-state index in [-0.39, 0.29) is 6.61 Å². The van der Waals surface area contributed by atoms with Crippen LogP contribution in [-0.2, 0) is 13.2 Å². The summed E-state index contributed by atoms with van der Waals surface area (Å²) in [6, 6.07) is 10.6. The molecule has 0 amide bonds. The van der Waals surface area contributed by atoms with Gasteiger partial charge in [0.1, 0.15) is 24.8 Å². The number of aliphatic hydroxyl groups excluding tert-OH is 1. The van der Waals surface area contributed by atoms with Gasteiger partial charge in [0.25, 0.3) is 0 Å². The molecular formula is C22H28N2O2. The second-order valence-corrected chi connectivity index (χ2v) is 7.31. The maximum absolute atomic E-state index is 9.70. The van der Waals surface area contributed by atoms with Crippen molar-refractivity contribution in [2.45, 2.75) is 53.7 Å². The van der Waals surface area contributed by atoms with Crippen molar-refractivity contribution in [3.05, 3.63) is 58.4 Å². The number of benzene rings is 2. The van der Waals surface area contributed by atoms with Gasteiger partial charge in [-0.2, -0.15) is 0 Å². The van der Waals surface area contributed by atoms with Gasteiger partial charge in [-0.1, -0.05) is 26.0 Å². The predicted molar refractivity (Wildman–Crippen MR) is 106 cm³/mol. The number of rotatable bonds is 6. The SMILES string of the molecule is Cc1ccc(C(C)C)c(OCCn2c(CO)nc3cc(C)c(C)cc32)c1. The number of fused-ring (bicyclic) bond motifs is 1. The highest BCUT2D eigenvalue weighted by atomic mass is 16.5. The van der Waals surface area contributed by atoms with E-state index in [1.807, 2.05) is 0 Å². The molecule has 2 aromatic carbocycles. The summed E-state index contributed by atoms with van der Waals surface area (Å²) >= 11 is 0. The summed E-state index contributed by atoms with van der Waals surface area (Å²) in [5.41, 5.74) is 6.83. The van der Waals surface area contributed by atoms with Crippen molar-refractivity contribution in [2.24, 2.45) is 0 Å². The van der Waals surface area contributed by atoms with Gasteiger partial charge >= 0.3 is 0 Å². The Labute approximate surface area is 155 Å². The van der Waals surface area contributed by atoms with Crippen LogP contribution in [0.25, 0.3) is 11.0 Å². The maximum Gasteiger partial charge on any atom is 0.135 e. The number of aliphatic hydroxyl groups is 1. The quantitative estimate of drug-likeness (QED) is 0.702. The van der Waals surface area contributed by atoms with Crippen LogP contribution in [0.5, 0.6) is 5.75 Å². The van der Waals surface area contributed by atoms with E-state index >= 15 is 0 Å². The van der Waals surface area contributed by atoms with E-state index in [9.17, 15) is 5.11 Å². The number of aromatic nitrogens is 2. The molecule has 0 fully saturated rings. The number of nitrogens with zero attached hydrogens (tertiary/aromatic N) is 2. The van der Waals surface area contributed by atoms with Crippen molar-refractivity contribution in [3.63, 3.8) is 0 Å². The lowest BCUT2D eigenvalue weighted by molar-refractivity contribution is 0.255.